The number of hydrogen-bond donors (Lipinski definition) is 2. The second-order valence-corrected chi connectivity index (χ2v) is 19.5. The van der Waals surface area contributed by atoms with E-state index in [4.69, 9.17) is 9.98 Å². The predicted molar refractivity (Wildman–Crippen MR) is 241 cm³/mol. The summed E-state index contributed by atoms with van der Waals surface area (Å²) in [7, 11) is 0. The zero-order valence-electron chi connectivity index (χ0n) is 37.0. The molecular weight excluding hydrogens is 1120 g/mol. The minimum absolute atomic E-state index is 0. The molecule has 0 atom stereocenters. The van der Waals surface area contributed by atoms with Gasteiger partial charge >= 0.3 is 0 Å². The van der Waals surface area contributed by atoms with Crippen molar-refractivity contribution in [3.8, 4) is 22.8 Å². The molecule has 325 valence electrons. The normalized spacial score (nSPS) is 13.6. The van der Waals surface area contributed by atoms with Crippen molar-refractivity contribution in [3.63, 3.8) is 0 Å². The number of pyridine rings is 1. The standard InChI is InChI=1S/C36H48N2O2.C16H8F2N.Ir.Pt/c1-33(2,3)25-17-23(31(39)27(19-25)35(7,8)9)21-37-29-15-13-14-16-30(29)38-22-24-18-26(34(4,5)6)20-28(32(24)40)36(10,11)12;17-16(18)12-6-2-1-5-11(12)15-14-10(8-9-19-15)4-3-7-13(14)16;;/h13-22,39-40H,1-12H3;1-4,6-9H;;/q;-1;;. The molecular formula is C52H56F2IrN3O2Pt-. The van der Waals surface area contributed by atoms with E-state index < -0.39 is 5.92 Å². The van der Waals surface area contributed by atoms with Crippen LogP contribution in [0.25, 0.3) is 22.0 Å². The molecule has 0 spiro atoms. The van der Waals surface area contributed by atoms with Gasteiger partial charge in [-0.05, 0) is 79.6 Å². The van der Waals surface area contributed by atoms with Crippen molar-refractivity contribution in [3.05, 3.63) is 148 Å². The zero-order chi connectivity index (χ0) is 43.3. The summed E-state index contributed by atoms with van der Waals surface area (Å²) in [6.07, 6.45) is 5.10. The molecule has 6 aromatic rings. The Balaban J connectivity index is 0.000000323. The molecule has 5 aromatic carbocycles. The number of para-hydroxylation sites is 2. The van der Waals surface area contributed by atoms with Crippen molar-refractivity contribution in [1.29, 1.82) is 0 Å². The number of fused-ring (bicyclic) bond motifs is 2. The summed E-state index contributed by atoms with van der Waals surface area (Å²) >= 11 is 0. The largest absolute Gasteiger partial charge is 0.507 e. The Morgan fingerprint density at radius 3 is 1.54 bits per heavy atom. The number of benzene rings is 5. The van der Waals surface area contributed by atoms with Gasteiger partial charge in [0, 0.05) is 87.6 Å². The molecule has 0 aliphatic heterocycles. The third kappa shape index (κ3) is 10.5. The van der Waals surface area contributed by atoms with Gasteiger partial charge in [-0.2, -0.15) is 0 Å². The third-order valence-corrected chi connectivity index (χ3v) is 10.8. The van der Waals surface area contributed by atoms with Crippen LogP contribution in [0.1, 0.15) is 128 Å². The van der Waals surface area contributed by atoms with Gasteiger partial charge in [-0.1, -0.05) is 131 Å². The van der Waals surface area contributed by atoms with Crippen LogP contribution in [0.4, 0.5) is 20.2 Å². The van der Waals surface area contributed by atoms with Crippen LogP contribution >= 0.6 is 0 Å². The first-order valence-corrected chi connectivity index (χ1v) is 20.1. The molecule has 0 saturated carbocycles. The number of halogens is 2. The van der Waals surface area contributed by atoms with E-state index in [1.165, 1.54) is 12.1 Å². The van der Waals surface area contributed by atoms with Gasteiger partial charge in [0.05, 0.1) is 11.4 Å². The number of alkyl halides is 2. The molecule has 1 heterocycles. The van der Waals surface area contributed by atoms with Crippen molar-refractivity contribution < 1.29 is 60.2 Å². The van der Waals surface area contributed by atoms with E-state index in [1.54, 1.807) is 42.9 Å². The number of aromatic nitrogens is 1. The van der Waals surface area contributed by atoms with Crippen LogP contribution in [-0.4, -0.2) is 27.6 Å². The van der Waals surface area contributed by atoms with Crippen molar-refractivity contribution in [2.24, 2.45) is 9.98 Å². The van der Waals surface area contributed by atoms with Gasteiger partial charge in [-0.25, -0.2) is 8.78 Å². The second-order valence-electron chi connectivity index (χ2n) is 19.5. The Kier molecular flexibility index (Phi) is 14.7. The molecule has 1 aromatic heterocycles. The van der Waals surface area contributed by atoms with Gasteiger partial charge in [-0.15, -0.1) is 29.8 Å². The minimum atomic E-state index is -3.00. The van der Waals surface area contributed by atoms with Crippen molar-refractivity contribution in [2.45, 2.75) is 111 Å². The number of aromatic hydroxyl groups is 2. The second kappa shape index (κ2) is 18.2. The molecule has 1 aliphatic rings. The number of phenols is 2. The summed E-state index contributed by atoms with van der Waals surface area (Å²) in [5.41, 5.74) is 7.23. The zero-order valence-corrected chi connectivity index (χ0v) is 41.7. The molecule has 9 heteroatoms. The fraction of sp³-hybridized carbons (Fsp3) is 0.327. The first-order chi connectivity index (χ1) is 27.4. The molecule has 5 nitrogen and oxygen atoms in total. The van der Waals surface area contributed by atoms with Crippen molar-refractivity contribution >= 4 is 34.6 Å². The first kappa shape index (κ1) is 49.3. The molecule has 61 heavy (non-hydrogen) atoms. The van der Waals surface area contributed by atoms with Gasteiger partial charge in [0.1, 0.15) is 11.5 Å². The maximum atomic E-state index is 14.6. The van der Waals surface area contributed by atoms with E-state index in [9.17, 15) is 19.0 Å². The minimum Gasteiger partial charge on any atom is -0.507 e. The fourth-order valence-electron chi connectivity index (χ4n) is 7.20. The quantitative estimate of drug-likeness (QED) is 0.136. The Morgan fingerprint density at radius 1 is 0.607 bits per heavy atom. The number of phenolic OH excluding ortho intramolecular Hbond substituents is 2. The predicted octanol–water partition coefficient (Wildman–Crippen LogP) is 13.9. The summed E-state index contributed by atoms with van der Waals surface area (Å²) in [5.74, 6) is -2.49. The van der Waals surface area contributed by atoms with Crippen LogP contribution in [0.5, 0.6) is 11.5 Å². The number of rotatable bonds is 4. The Labute approximate surface area is 388 Å². The van der Waals surface area contributed by atoms with Crippen LogP contribution in [0.2, 0.25) is 0 Å². The van der Waals surface area contributed by atoms with Crippen LogP contribution in [0, 0.1) is 6.07 Å². The summed E-state index contributed by atoms with van der Waals surface area (Å²) in [4.78, 5) is 13.8. The number of aliphatic imine (C=N–C) groups is 2. The Morgan fingerprint density at radius 2 is 1.08 bits per heavy atom. The maximum absolute atomic E-state index is 14.6. The van der Waals surface area contributed by atoms with E-state index >= 15 is 0 Å². The van der Waals surface area contributed by atoms with Gasteiger partial charge in [0.2, 0.25) is 0 Å². The third-order valence-electron chi connectivity index (χ3n) is 10.8. The smallest absolute Gasteiger partial charge is 0.266 e. The molecule has 0 bridgehead atoms. The average Bonchev–Trinajstić information content (AvgIpc) is 3.15. The number of nitrogens with zero attached hydrogens (tertiary/aromatic N) is 3. The molecule has 0 fully saturated rings. The SMILES string of the molecule is CC(C)(C)c1cc(C=Nc2ccccc2N=Cc2cc(C(C)(C)C)cc(C(C)(C)C)c2O)c(O)c(C(C)(C)C)c1.FC1(F)c2ccc[c-]c2-c2nccc3cccc1c23.[Ir].[Pt]. The molecule has 0 unspecified atom stereocenters. The van der Waals surface area contributed by atoms with E-state index in [0.717, 1.165) is 27.6 Å². The monoisotopic (exact) mass is 1180 g/mol. The van der Waals surface area contributed by atoms with Gasteiger partial charge in [-0.3, -0.25) is 9.98 Å². The van der Waals surface area contributed by atoms with Crippen LogP contribution in [0.15, 0.2) is 107 Å². The van der Waals surface area contributed by atoms with Crippen molar-refractivity contribution in [1.82, 2.24) is 4.98 Å². The topological polar surface area (TPSA) is 78.1 Å². The van der Waals surface area contributed by atoms with E-state index in [-0.39, 0.29) is 85.5 Å². The molecule has 1 radical (unpaired) electrons. The van der Waals surface area contributed by atoms with E-state index in [2.05, 4.69) is 106 Å². The van der Waals surface area contributed by atoms with Gasteiger partial charge in [0.15, 0.2) is 0 Å². The average molecular weight is 1180 g/mol. The maximum Gasteiger partial charge on any atom is 0.266 e. The fourth-order valence-corrected chi connectivity index (χ4v) is 7.20. The summed E-state index contributed by atoms with van der Waals surface area (Å²) in [6, 6.07) is 30.2. The summed E-state index contributed by atoms with van der Waals surface area (Å²) in [6.45, 7) is 25.7. The van der Waals surface area contributed by atoms with Crippen LogP contribution in [0.3, 0.4) is 0 Å². The molecule has 0 saturated heterocycles. The number of hydrogen-bond acceptors (Lipinski definition) is 5. The van der Waals surface area contributed by atoms with E-state index in [1.807, 2.05) is 42.5 Å². The molecule has 2 N–H and O–H groups in total. The summed E-state index contributed by atoms with van der Waals surface area (Å²) < 4.78 is 29.2. The Bertz CT molecular complexity index is 2490. The van der Waals surface area contributed by atoms with Gasteiger partial charge < -0.3 is 15.2 Å². The molecule has 7 rings (SSSR count). The van der Waals surface area contributed by atoms with Crippen molar-refractivity contribution in [2.75, 3.05) is 0 Å². The Hall–Kier alpha value is -4.35. The van der Waals surface area contributed by atoms with Gasteiger partial charge in [0.25, 0.3) is 5.92 Å². The molecule has 1 aliphatic carbocycles. The first-order valence-electron chi connectivity index (χ1n) is 20.1. The summed E-state index contributed by atoms with van der Waals surface area (Å²) in [5, 5.41) is 23.7. The van der Waals surface area contributed by atoms with Crippen LogP contribution < -0.4 is 0 Å². The van der Waals surface area contributed by atoms with Crippen LogP contribution in [-0.2, 0) is 68.8 Å². The molecule has 0 amide bonds. The van der Waals surface area contributed by atoms with E-state index in [0.29, 0.717) is 39.1 Å².